The zero-order valence-electron chi connectivity index (χ0n) is 31.6. The summed E-state index contributed by atoms with van der Waals surface area (Å²) in [5.74, 6) is 0.843. The van der Waals surface area contributed by atoms with E-state index in [2.05, 4.69) is 189 Å². The molecule has 5 heterocycles. The van der Waals surface area contributed by atoms with Crippen LogP contribution >= 0.6 is 0 Å². The number of fused-ring (bicyclic) bond motifs is 11. The molecule has 0 bridgehead atoms. The van der Waals surface area contributed by atoms with E-state index in [-0.39, 0.29) is 0 Å². The van der Waals surface area contributed by atoms with E-state index in [1.807, 2.05) is 18.2 Å². The number of hydrogen-bond donors (Lipinski definition) is 0. The van der Waals surface area contributed by atoms with Crippen LogP contribution in [-0.4, -0.2) is 18.4 Å². The Hall–Kier alpha value is -8.09. The summed E-state index contributed by atoms with van der Waals surface area (Å²) in [4.78, 5) is 5.47. The number of aromatic nitrogens is 4. The van der Waals surface area contributed by atoms with E-state index in [0.717, 1.165) is 116 Å². The van der Waals surface area contributed by atoms with Gasteiger partial charge in [-0.15, -0.1) is 0 Å². The van der Waals surface area contributed by atoms with Crippen LogP contribution in [0.5, 0.6) is 0 Å². The number of para-hydroxylation sites is 7. The maximum atomic E-state index is 6.74. The lowest BCUT2D eigenvalue weighted by Gasteiger charge is -2.18. The quantitative estimate of drug-likeness (QED) is 0.169. The molecule has 0 unspecified atom stereocenters. The minimum absolute atomic E-state index is 0.792. The summed E-state index contributed by atoms with van der Waals surface area (Å²) in [6.07, 6.45) is 0. The predicted octanol–water partition coefficient (Wildman–Crippen LogP) is 14.1. The second-order valence-electron chi connectivity index (χ2n) is 15.2. The van der Waals surface area contributed by atoms with E-state index in [9.17, 15) is 0 Å². The van der Waals surface area contributed by atoms with Crippen molar-refractivity contribution in [2.24, 2.45) is 0 Å². The van der Waals surface area contributed by atoms with E-state index in [0.29, 0.717) is 0 Å². The van der Waals surface area contributed by atoms with Gasteiger partial charge in [0.1, 0.15) is 5.82 Å². The molecule has 276 valence electrons. The van der Waals surface area contributed by atoms with Crippen LogP contribution in [0.25, 0.3) is 116 Å². The minimum atomic E-state index is 0.792. The molecule has 5 aromatic heterocycles. The van der Waals surface area contributed by atoms with Gasteiger partial charge in [-0.3, -0.25) is 4.57 Å². The lowest BCUT2D eigenvalue weighted by Crippen LogP contribution is -2.02. The first-order valence-electron chi connectivity index (χ1n) is 19.9. The SMILES string of the molecule is c1ccc(-c2cc(-c3ccccc3)nc(-n3c4ccccc4c4cc5c(cc43)n3c4ccccc4oc4cccc(c6cccc7oc8ccccc8n5c76)c43)c2)cc1. The molecule has 13 aromatic rings. The third kappa shape index (κ3) is 4.65. The Bertz CT molecular complexity index is 3840. The fourth-order valence-corrected chi connectivity index (χ4v) is 9.32. The van der Waals surface area contributed by atoms with Crippen molar-refractivity contribution in [1.29, 1.82) is 0 Å². The molecule has 0 fully saturated rings. The van der Waals surface area contributed by atoms with Crippen LogP contribution in [0.1, 0.15) is 0 Å². The topological polar surface area (TPSA) is 52.9 Å². The molecule has 8 aromatic carbocycles. The maximum Gasteiger partial charge on any atom is 0.152 e. The second-order valence-corrected chi connectivity index (χ2v) is 15.2. The third-order valence-corrected chi connectivity index (χ3v) is 11.9. The van der Waals surface area contributed by atoms with Gasteiger partial charge in [0.15, 0.2) is 22.3 Å². The zero-order chi connectivity index (χ0) is 38.6. The van der Waals surface area contributed by atoms with Crippen LogP contribution < -0.4 is 0 Å². The van der Waals surface area contributed by atoms with E-state index in [4.69, 9.17) is 13.8 Å². The summed E-state index contributed by atoms with van der Waals surface area (Å²) >= 11 is 0. The smallest absolute Gasteiger partial charge is 0.152 e. The van der Waals surface area contributed by atoms with Gasteiger partial charge in [-0.05, 0) is 77.9 Å². The number of nitrogens with zero attached hydrogens (tertiary/aromatic N) is 4. The molecule has 6 nitrogen and oxygen atoms in total. The molecule has 0 saturated carbocycles. The maximum absolute atomic E-state index is 6.74. The van der Waals surface area contributed by atoms with E-state index in [1.54, 1.807) is 0 Å². The van der Waals surface area contributed by atoms with Gasteiger partial charge in [0, 0.05) is 27.1 Å². The minimum Gasteiger partial charge on any atom is -0.453 e. The van der Waals surface area contributed by atoms with Crippen LogP contribution in [-0.2, 0) is 0 Å². The molecule has 0 spiro atoms. The Labute approximate surface area is 336 Å². The van der Waals surface area contributed by atoms with Crippen molar-refractivity contribution in [3.63, 3.8) is 0 Å². The first-order chi connectivity index (χ1) is 29.3. The first-order valence-corrected chi connectivity index (χ1v) is 19.9. The summed E-state index contributed by atoms with van der Waals surface area (Å²) < 4.78 is 20.6. The zero-order valence-corrected chi connectivity index (χ0v) is 31.6. The Kier molecular flexibility index (Phi) is 6.63. The molecule has 0 aliphatic heterocycles. The van der Waals surface area contributed by atoms with Gasteiger partial charge >= 0.3 is 0 Å². The second kappa shape index (κ2) is 12.2. The summed E-state index contributed by atoms with van der Waals surface area (Å²) in [5.41, 5.74) is 15.5. The summed E-state index contributed by atoms with van der Waals surface area (Å²) in [7, 11) is 0. The van der Waals surface area contributed by atoms with Crippen LogP contribution in [0.3, 0.4) is 0 Å². The van der Waals surface area contributed by atoms with Crippen LogP contribution in [0, 0.1) is 0 Å². The van der Waals surface area contributed by atoms with Crippen molar-refractivity contribution >= 4 is 88.0 Å². The summed E-state index contributed by atoms with van der Waals surface area (Å²) in [6, 6.07) is 68.3. The Morgan fingerprint density at radius 2 is 0.831 bits per heavy atom. The highest BCUT2D eigenvalue weighted by Gasteiger charge is 2.21. The van der Waals surface area contributed by atoms with Crippen LogP contribution in [0.2, 0.25) is 0 Å². The van der Waals surface area contributed by atoms with Crippen LogP contribution in [0.15, 0.2) is 203 Å². The Morgan fingerprint density at radius 3 is 1.47 bits per heavy atom. The number of hydrogen-bond acceptors (Lipinski definition) is 3. The van der Waals surface area contributed by atoms with Crippen molar-refractivity contribution in [2.45, 2.75) is 0 Å². The van der Waals surface area contributed by atoms with E-state index >= 15 is 0 Å². The first kappa shape index (κ1) is 32.0. The van der Waals surface area contributed by atoms with Gasteiger partial charge < -0.3 is 17.6 Å². The van der Waals surface area contributed by atoms with E-state index in [1.165, 1.54) is 0 Å². The molecule has 6 heteroatoms. The van der Waals surface area contributed by atoms with E-state index < -0.39 is 0 Å². The monoisotopic (exact) mass is 756 g/mol. The average Bonchev–Trinajstić information content (AvgIpc) is 3.62. The summed E-state index contributed by atoms with van der Waals surface area (Å²) in [6.45, 7) is 0. The fraction of sp³-hybridized carbons (Fsp3) is 0. The molecule has 0 amide bonds. The van der Waals surface area contributed by atoms with Crippen molar-refractivity contribution in [2.75, 3.05) is 0 Å². The number of pyridine rings is 1. The van der Waals surface area contributed by atoms with Crippen LogP contribution in [0.4, 0.5) is 0 Å². The van der Waals surface area contributed by atoms with Gasteiger partial charge in [0.25, 0.3) is 0 Å². The van der Waals surface area contributed by atoms with Crippen molar-refractivity contribution in [3.8, 4) is 28.2 Å². The van der Waals surface area contributed by atoms with Crippen molar-refractivity contribution in [1.82, 2.24) is 18.4 Å². The molecule has 0 saturated heterocycles. The molecular weight excluding hydrogens is 725 g/mol. The normalized spacial score (nSPS) is 12.1. The lowest BCUT2D eigenvalue weighted by molar-refractivity contribution is 0.654. The Morgan fingerprint density at radius 1 is 0.322 bits per heavy atom. The predicted molar refractivity (Wildman–Crippen MR) is 241 cm³/mol. The Balaban J connectivity index is 1.30. The molecule has 59 heavy (non-hydrogen) atoms. The average molecular weight is 757 g/mol. The third-order valence-electron chi connectivity index (χ3n) is 11.9. The molecule has 13 rings (SSSR count). The van der Waals surface area contributed by atoms with Gasteiger partial charge in [0.2, 0.25) is 0 Å². The van der Waals surface area contributed by atoms with Gasteiger partial charge in [-0.1, -0.05) is 127 Å². The van der Waals surface area contributed by atoms with Gasteiger partial charge in [-0.2, -0.15) is 0 Å². The fourth-order valence-electron chi connectivity index (χ4n) is 9.32. The molecule has 0 atom stereocenters. The molecule has 0 aliphatic carbocycles. The van der Waals surface area contributed by atoms with Crippen molar-refractivity contribution in [3.05, 3.63) is 194 Å². The van der Waals surface area contributed by atoms with Gasteiger partial charge in [-0.25, -0.2) is 4.98 Å². The lowest BCUT2D eigenvalue weighted by atomic mass is 10.0. The molecule has 0 N–H and O–H groups in total. The molecule has 0 aliphatic rings. The molecule has 0 radical (unpaired) electrons. The van der Waals surface area contributed by atoms with Crippen molar-refractivity contribution < 1.29 is 8.83 Å². The van der Waals surface area contributed by atoms with Gasteiger partial charge in [0.05, 0.1) is 49.8 Å². The number of rotatable bonds is 3. The highest BCUT2D eigenvalue weighted by atomic mass is 16.3. The summed E-state index contributed by atoms with van der Waals surface area (Å²) in [5, 5.41) is 4.37. The standard InChI is InChI=1S/C53H32N4O2/c1-3-15-33(16-4-1)35-29-40(34-17-5-2-6-18-34)54-51(30-35)55-41-22-8-7-19-36(41)39-31-45-46(32-44(39)55)57-43-24-10-12-26-48(43)59-50-28-14-21-38(53(50)57)37-20-13-27-49-52(37)56(45)42-23-9-11-25-47(42)58-49/h1-32H. The molecular formula is C53H32N4O2. The highest BCUT2D eigenvalue weighted by molar-refractivity contribution is 6.18. The largest absolute Gasteiger partial charge is 0.453 e. The highest BCUT2D eigenvalue weighted by Crippen LogP contribution is 2.41. The number of benzene rings is 8.